The molecule has 1 atom stereocenters. The molecular formula is C24H26N4O. The molecule has 0 amide bonds. The van der Waals surface area contributed by atoms with E-state index in [0.717, 1.165) is 25.3 Å². The quantitative estimate of drug-likeness (QED) is 0.567. The van der Waals surface area contributed by atoms with Gasteiger partial charge in [-0.2, -0.15) is 5.10 Å². The number of H-pyrrole nitrogens is 1. The Hall–Kier alpha value is -3.05. The Labute approximate surface area is 170 Å². The number of hydrogen-bond donors (Lipinski definition) is 1. The summed E-state index contributed by atoms with van der Waals surface area (Å²) in [5.41, 5.74) is 7.60. The molecule has 1 aliphatic rings. The normalized spacial score (nSPS) is 16.9. The number of nitrogens with one attached hydrogen (secondary N) is 1. The largest absolute Gasteiger partial charge is 0.496 e. The SMILES string of the molecule is COc1ccccc1C1c2[nH]c3ccccc3c2CCN1Cc1cnn(C)c1C. The van der Waals surface area contributed by atoms with E-state index in [4.69, 9.17) is 4.74 Å². The van der Waals surface area contributed by atoms with Crippen molar-refractivity contribution in [1.29, 1.82) is 0 Å². The Balaban J connectivity index is 1.66. The van der Waals surface area contributed by atoms with Crippen molar-refractivity contribution >= 4 is 10.9 Å². The van der Waals surface area contributed by atoms with E-state index in [-0.39, 0.29) is 6.04 Å². The number of fused-ring (bicyclic) bond motifs is 3. The lowest BCUT2D eigenvalue weighted by molar-refractivity contribution is 0.198. The molecule has 4 aromatic rings. The van der Waals surface area contributed by atoms with E-state index in [2.05, 4.69) is 64.4 Å². The number of nitrogens with zero attached hydrogens (tertiary/aromatic N) is 3. The predicted octanol–water partition coefficient (Wildman–Crippen LogP) is 4.37. The van der Waals surface area contributed by atoms with E-state index in [1.807, 2.05) is 24.0 Å². The first-order valence-corrected chi connectivity index (χ1v) is 10.1. The second-order valence-corrected chi connectivity index (χ2v) is 7.81. The molecule has 0 aliphatic carbocycles. The van der Waals surface area contributed by atoms with E-state index < -0.39 is 0 Å². The van der Waals surface area contributed by atoms with Gasteiger partial charge in [-0.3, -0.25) is 9.58 Å². The number of rotatable bonds is 4. The molecule has 0 saturated carbocycles. The molecule has 0 fully saturated rings. The van der Waals surface area contributed by atoms with Gasteiger partial charge < -0.3 is 9.72 Å². The first-order chi connectivity index (χ1) is 14.2. The fourth-order valence-electron chi connectivity index (χ4n) is 4.62. The summed E-state index contributed by atoms with van der Waals surface area (Å²) in [5, 5.41) is 5.78. The Kier molecular flexibility index (Phi) is 4.40. The fraction of sp³-hybridized carbons (Fsp3) is 0.292. The summed E-state index contributed by atoms with van der Waals surface area (Å²) >= 11 is 0. The minimum atomic E-state index is 0.113. The molecule has 1 unspecified atom stereocenters. The Morgan fingerprint density at radius 1 is 1.14 bits per heavy atom. The molecule has 1 N–H and O–H groups in total. The van der Waals surface area contributed by atoms with E-state index in [1.165, 1.54) is 39.0 Å². The molecular weight excluding hydrogens is 360 g/mol. The Bertz CT molecular complexity index is 1170. The highest BCUT2D eigenvalue weighted by Gasteiger charge is 2.33. The number of para-hydroxylation sites is 2. The smallest absolute Gasteiger partial charge is 0.124 e. The van der Waals surface area contributed by atoms with Gasteiger partial charge in [-0.05, 0) is 31.0 Å². The van der Waals surface area contributed by atoms with Gasteiger partial charge in [0.15, 0.2) is 0 Å². The van der Waals surface area contributed by atoms with Crippen molar-refractivity contribution < 1.29 is 4.74 Å². The van der Waals surface area contributed by atoms with Crippen molar-refractivity contribution in [3.8, 4) is 5.75 Å². The van der Waals surface area contributed by atoms with Crippen LogP contribution in [0.1, 0.15) is 34.1 Å². The van der Waals surface area contributed by atoms with Gasteiger partial charge in [-0.15, -0.1) is 0 Å². The third-order valence-electron chi connectivity index (χ3n) is 6.28. The summed E-state index contributed by atoms with van der Waals surface area (Å²) in [6.45, 7) is 3.99. The van der Waals surface area contributed by atoms with Gasteiger partial charge in [-0.1, -0.05) is 36.4 Å². The Morgan fingerprint density at radius 2 is 1.93 bits per heavy atom. The molecule has 0 bridgehead atoms. The van der Waals surface area contributed by atoms with Gasteiger partial charge in [0.25, 0.3) is 0 Å². The summed E-state index contributed by atoms with van der Waals surface area (Å²) in [6, 6.07) is 17.1. The van der Waals surface area contributed by atoms with Crippen LogP contribution in [0.2, 0.25) is 0 Å². The van der Waals surface area contributed by atoms with Crippen molar-refractivity contribution in [2.45, 2.75) is 25.9 Å². The van der Waals surface area contributed by atoms with Crippen LogP contribution in [-0.4, -0.2) is 33.3 Å². The lowest BCUT2D eigenvalue weighted by Gasteiger charge is -2.36. The molecule has 5 rings (SSSR count). The van der Waals surface area contributed by atoms with E-state index in [0.29, 0.717) is 0 Å². The zero-order chi connectivity index (χ0) is 20.0. The number of aromatic nitrogens is 3. The number of hydrogen-bond acceptors (Lipinski definition) is 3. The molecule has 0 spiro atoms. The number of benzene rings is 2. The van der Waals surface area contributed by atoms with Crippen LogP contribution in [0.4, 0.5) is 0 Å². The second kappa shape index (κ2) is 7.08. The predicted molar refractivity (Wildman–Crippen MR) is 115 cm³/mol. The first-order valence-electron chi connectivity index (χ1n) is 10.1. The molecule has 5 nitrogen and oxygen atoms in total. The monoisotopic (exact) mass is 386 g/mol. The van der Waals surface area contributed by atoms with Crippen LogP contribution in [-0.2, 0) is 20.0 Å². The third kappa shape index (κ3) is 2.93. The standard InChI is InChI=1S/C24H26N4O/c1-16-17(14-25-27(16)2)15-28-13-12-19-18-8-4-6-10-21(18)26-23(19)24(28)20-9-5-7-11-22(20)29-3/h4-11,14,24,26H,12-13,15H2,1-3H3. The van der Waals surface area contributed by atoms with Gasteiger partial charge >= 0.3 is 0 Å². The van der Waals surface area contributed by atoms with Crippen LogP contribution in [0.3, 0.4) is 0 Å². The molecule has 2 aromatic heterocycles. The zero-order valence-electron chi connectivity index (χ0n) is 17.1. The molecule has 0 radical (unpaired) electrons. The topological polar surface area (TPSA) is 46.1 Å². The first kappa shape index (κ1) is 18.0. The van der Waals surface area contributed by atoms with E-state index in [1.54, 1.807) is 7.11 Å². The highest BCUT2D eigenvalue weighted by Crippen LogP contribution is 2.42. The summed E-state index contributed by atoms with van der Waals surface area (Å²) in [7, 11) is 3.76. The van der Waals surface area contributed by atoms with Crippen molar-refractivity contribution in [3.05, 3.63) is 82.8 Å². The molecule has 148 valence electrons. The zero-order valence-corrected chi connectivity index (χ0v) is 17.1. The van der Waals surface area contributed by atoms with Gasteiger partial charge in [0.1, 0.15) is 5.75 Å². The number of aryl methyl sites for hydroxylation is 1. The highest BCUT2D eigenvalue weighted by molar-refractivity contribution is 5.85. The second-order valence-electron chi connectivity index (χ2n) is 7.81. The van der Waals surface area contributed by atoms with E-state index in [9.17, 15) is 0 Å². The molecule has 0 saturated heterocycles. The van der Waals surface area contributed by atoms with Crippen molar-refractivity contribution in [2.24, 2.45) is 7.05 Å². The van der Waals surface area contributed by atoms with Crippen molar-refractivity contribution in [2.75, 3.05) is 13.7 Å². The van der Waals surface area contributed by atoms with Gasteiger partial charge in [-0.25, -0.2) is 0 Å². The van der Waals surface area contributed by atoms with Gasteiger partial charge in [0.05, 0.1) is 19.3 Å². The van der Waals surface area contributed by atoms with Gasteiger partial charge in [0.2, 0.25) is 0 Å². The Morgan fingerprint density at radius 3 is 2.72 bits per heavy atom. The fourth-order valence-corrected chi connectivity index (χ4v) is 4.62. The van der Waals surface area contributed by atoms with Crippen molar-refractivity contribution in [1.82, 2.24) is 19.7 Å². The minimum absolute atomic E-state index is 0.113. The number of methoxy groups -OCH3 is 1. The third-order valence-corrected chi connectivity index (χ3v) is 6.28. The maximum Gasteiger partial charge on any atom is 0.124 e. The van der Waals surface area contributed by atoms with Crippen LogP contribution in [0.5, 0.6) is 5.75 Å². The number of ether oxygens (including phenoxy) is 1. The van der Waals surface area contributed by atoms with Crippen LogP contribution in [0.15, 0.2) is 54.7 Å². The molecule has 5 heteroatoms. The van der Waals surface area contributed by atoms with Crippen LogP contribution >= 0.6 is 0 Å². The summed E-state index contributed by atoms with van der Waals surface area (Å²) < 4.78 is 7.71. The molecule has 29 heavy (non-hydrogen) atoms. The van der Waals surface area contributed by atoms with Crippen LogP contribution in [0.25, 0.3) is 10.9 Å². The lowest BCUT2D eigenvalue weighted by Crippen LogP contribution is -2.36. The van der Waals surface area contributed by atoms with Crippen molar-refractivity contribution in [3.63, 3.8) is 0 Å². The van der Waals surface area contributed by atoms with Crippen LogP contribution in [0, 0.1) is 6.92 Å². The number of aromatic amines is 1. The molecule has 3 heterocycles. The maximum absolute atomic E-state index is 5.76. The lowest BCUT2D eigenvalue weighted by atomic mass is 9.91. The molecule has 1 aliphatic heterocycles. The minimum Gasteiger partial charge on any atom is -0.496 e. The molecule has 2 aromatic carbocycles. The average Bonchev–Trinajstić information content (AvgIpc) is 3.28. The summed E-state index contributed by atoms with van der Waals surface area (Å²) in [4.78, 5) is 6.27. The summed E-state index contributed by atoms with van der Waals surface area (Å²) in [5.74, 6) is 0.928. The maximum atomic E-state index is 5.76. The van der Waals surface area contributed by atoms with Gasteiger partial charge in [0, 0.05) is 53.6 Å². The average molecular weight is 386 g/mol. The summed E-state index contributed by atoms with van der Waals surface area (Å²) in [6.07, 6.45) is 3.03. The van der Waals surface area contributed by atoms with E-state index >= 15 is 0 Å². The van der Waals surface area contributed by atoms with Crippen LogP contribution < -0.4 is 4.74 Å². The highest BCUT2D eigenvalue weighted by atomic mass is 16.5.